The number of thiophene rings is 1. The molecule has 0 bridgehead atoms. The van der Waals surface area contributed by atoms with Gasteiger partial charge in [-0.3, -0.25) is 4.79 Å². The zero-order valence-corrected chi connectivity index (χ0v) is 17.3. The number of carbonyl (C=O) groups is 1. The predicted molar refractivity (Wildman–Crippen MR) is 109 cm³/mol. The van der Waals surface area contributed by atoms with Crippen molar-refractivity contribution in [1.29, 1.82) is 0 Å². The van der Waals surface area contributed by atoms with Crippen molar-refractivity contribution >= 4 is 33.2 Å². The van der Waals surface area contributed by atoms with Crippen LogP contribution in [0.1, 0.15) is 27.7 Å². The number of halogens is 1. The third-order valence-corrected chi connectivity index (χ3v) is 5.56. The Balaban J connectivity index is 1.73. The van der Waals surface area contributed by atoms with Crippen LogP contribution in [-0.2, 0) is 0 Å². The van der Waals surface area contributed by atoms with E-state index in [2.05, 4.69) is 48.1 Å². The van der Waals surface area contributed by atoms with Gasteiger partial charge in [0.15, 0.2) is 0 Å². The molecule has 2 heterocycles. The van der Waals surface area contributed by atoms with Gasteiger partial charge in [-0.1, -0.05) is 15.9 Å². The molecular weight excluding hydrogens is 412 g/mol. The fraction of sp³-hybridized carbons (Fsp3) is 0.263. The van der Waals surface area contributed by atoms with Crippen molar-refractivity contribution in [2.45, 2.75) is 13.0 Å². The lowest BCUT2D eigenvalue weighted by molar-refractivity contribution is 0.0941. The summed E-state index contributed by atoms with van der Waals surface area (Å²) < 4.78 is 2.79. The zero-order chi connectivity index (χ0) is 18.7. The number of hydrogen-bond acceptors (Lipinski definition) is 4. The lowest BCUT2D eigenvalue weighted by atomic mass is 10.1. The Hall–Kier alpha value is -1.96. The molecule has 1 aromatic carbocycles. The Morgan fingerprint density at radius 1 is 1.31 bits per heavy atom. The number of aromatic nitrogens is 2. The van der Waals surface area contributed by atoms with Crippen molar-refractivity contribution in [3.05, 3.63) is 68.6 Å². The van der Waals surface area contributed by atoms with Gasteiger partial charge in [0.1, 0.15) is 0 Å². The lowest BCUT2D eigenvalue weighted by Gasteiger charge is -2.24. The van der Waals surface area contributed by atoms with Gasteiger partial charge in [-0.25, -0.2) is 4.68 Å². The maximum Gasteiger partial charge on any atom is 0.254 e. The number of hydrogen-bond donors (Lipinski definition) is 1. The summed E-state index contributed by atoms with van der Waals surface area (Å²) in [6.07, 6.45) is 1.63. The maximum atomic E-state index is 12.7. The molecule has 2 aromatic heterocycles. The maximum absolute atomic E-state index is 12.7. The van der Waals surface area contributed by atoms with Crippen molar-refractivity contribution in [2.24, 2.45) is 0 Å². The van der Waals surface area contributed by atoms with Crippen molar-refractivity contribution < 1.29 is 4.79 Å². The average Bonchev–Trinajstić information content (AvgIpc) is 3.25. The van der Waals surface area contributed by atoms with E-state index in [1.54, 1.807) is 22.2 Å². The van der Waals surface area contributed by atoms with Gasteiger partial charge in [0, 0.05) is 11.0 Å². The van der Waals surface area contributed by atoms with Crippen LogP contribution in [0.15, 0.2) is 51.8 Å². The summed E-state index contributed by atoms with van der Waals surface area (Å²) in [5, 5.41) is 11.6. The second-order valence-corrected chi connectivity index (χ2v) is 7.97. The van der Waals surface area contributed by atoms with Gasteiger partial charge in [0.2, 0.25) is 0 Å². The highest BCUT2D eigenvalue weighted by Gasteiger charge is 2.19. The molecule has 3 rings (SSSR count). The van der Waals surface area contributed by atoms with Crippen LogP contribution in [-0.4, -0.2) is 41.2 Å². The van der Waals surface area contributed by atoms with Gasteiger partial charge in [-0.15, -0.1) is 0 Å². The summed E-state index contributed by atoms with van der Waals surface area (Å²) in [6, 6.07) is 10.1. The van der Waals surface area contributed by atoms with E-state index in [0.717, 1.165) is 15.9 Å². The average molecular weight is 433 g/mol. The fourth-order valence-electron chi connectivity index (χ4n) is 2.82. The molecule has 5 nitrogen and oxygen atoms in total. The molecule has 3 aromatic rings. The van der Waals surface area contributed by atoms with E-state index in [4.69, 9.17) is 0 Å². The van der Waals surface area contributed by atoms with E-state index >= 15 is 0 Å². The van der Waals surface area contributed by atoms with E-state index in [1.807, 2.05) is 45.3 Å². The first-order chi connectivity index (χ1) is 12.5. The summed E-state index contributed by atoms with van der Waals surface area (Å²) >= 11 is 5.09. The van der Waals surface area contributed by atoms with Gasteiger partial charge >= 0.3 is 0 Å². The summed E-state index contributed by atoms with van der Waals surface area (Å²) in [4.78, 5) is 14.8. The molecule has 0 spiro atoms. The summed E-state index contributed by atoms with van der Waals surface area (Å²) in [7, 11) is 4.04. The minimum Gasteiger partial charge on any atom is -0.350 e. The molecule has 1 atom stereocenters. The number of rotatable bonds is 6. The van der Waals surface area contributed by atoms with Gasteiger partial charge < -0.3 is 10.2 Å². The minimum atomic E-state index is -0.104. The molecule has 0 aliphatic carbocycles. The topological polar surface area (TPSA) is 50.2 Å². The Morgan fingerprint density at radius 3 is 2.65 bits per heavy atom. The van der Waals surface area contributed by atoms with Crippen LogP contribution >= 0.6 is 27.3 Å². The monoisotopic (exact) mass is 432 g/mol. The highest BCUT2D eigenvalue weighted by atomic mass is 79.9. The Bertz CT molecular complexity index is 872. The zero-order valence-electron chi connectivity index (χ0n) is 14.9. The van der Waals surface area contributed by atoms with Gasteiger partial charge in [-0.2, -0.15) is 16.4 Å². The normalized spacial score (nSPS) is 12.3. The van der Waals surface area contributed by atoms with E-state index in [1.165, 1.54) is 5.56 Å². The van der Waals surface area contributed by atoms with E-state index in [0.29, 0.717) is 12.1 Å². The fourth-order valence-corrected chi connectivity index (χ4v) is 3.79. The number of likely N-dealkylation sites (N-methyl/N-ethyl adjacent to an activating group) is 1. The summed E-state index contributed by atoms with van der Waals surface area (Å²) in [6.45, 7) is 2.46. The van der Waals surface area contributed by atoms with Gasteiger partial charge in [0.25, 0.3) is 5.91 Å². The number of carbonyl (C=O) groups excluding carboxylic acids is 1. The van der Waals surface area contributed by atoms with Crippen molar-refractivity contribution in [2.75, 3.05) is 20.6 Å². The number of benzene rings is 1. The molecule has 136 valence electrons. The van der Waals surface area contributed by atoms with Crippen molar-refractivity contribution in [3.8, 4) is 5.69 Å². The van der Waals surface area contributed by atoms with E-state index in [9.17, 15) is 4.79 Å². The van der Waals surface area contributed by atoms with Crippen LogP contribution in [0.4, 0.5) is 0 Å². The second-order valence-electron chi connectivity index (χ2n) is 6.28. The standard InChI is InChI=1S/C19H21BrN4OS/c1-13-17(10-22-24(13)16-6-4-15(20)5-7-16)19(25)21-11-18(23(2)3)14-8-9-26-12-14/h4-10,12,18H,11H2,1-3H3,(H,21,25)/t18-/m1/s1. The summed E-state index contributed by atoms with van der Waals surface area (Å²) in [5.41, 5.74) is 3.55. The molecule has 0 unspecified atom stereocenters. The third-order valence-electron chi connectivity index (χ3n) is 4.33. The van der Waals surface area contributed by atoms with Crippen LogP contribution in [0.3, 0.4) is 0 Å². The molecule has 0 aliphatic heterocycles. The molecule has 1 amide bonds. The van der Waals surface area contributed by atoms with Crippen LogP contribution in [0.25, 0.3) is 5.69 Å². The molecular formula is C19H21BrN4OS. The molecule has 0 saturated carbocycles. The highest BCUT2D eigenvalue weighted by Crippen LogP contribution is 2.21. The van der Waals surface area contributed by atoms with Gasteiger partial charge in [-0.05, 0) is 67.7 Å². The first-order valence-electron chi connectivity index (χ1n) is 8.24. The Kier molecular flexibility index (Phi) is 5.90. The molecule has 0 radical (unpaired) electrons. The molecule has 1 N–H and O–H groups in total. The Labute approximate surface area is 165 Å². The first-order valence-corrected chi connectivity index (χ1v) is 9.98. The third kappa shape index (κ3) is 4.06. The van der Waals surface area contributed by atoms with Crippen LogP contribution in [0.2, 0.25) is 0 Å². The number of amides is 1. The second kappa shape index (κ2) is 8.16. The molecule has 0 saturated heterocycles. The lowest BCUT2D eigenvalue weighted by Crippen LogP contribution is -2.34. The quantitative estimate of drug-likeness (QED) is 0.639. The molecule has 26 heavy (non-hydrogen) atoms. The largest absolute Gasteiger partial charge is 0.350 e. The first kappa shape index (κ1) is 18.8. The van der Waals surface area contributed by atoms with E-state index in [-0.39, 0.29) is 11.9 Å². The van der Waals surface area contributed by atoms with Crippen molar-refractivity contribution in [1.82, 2.24) is 20.0 Å². The van der Waals surface area contributed by atoms with E-state index < -0.39 is 0 Å². The molecule has 0 aliphatic rings. The predicted octanol–water partition coefficient (Wildman–Crippen LogP) is 4.04. The van der Waals surface area contributed by atoms with Crippen LogP contribution in [0.5, 0.6) is 0 Å². The SMILES string of the molecule is Cc1c(C(=O)NC[C@H](c2ccsc2)N(C)C)cnn1-c1ccc(Br)cc1. The number of nitrogens with zero attached hydrogens (tertiary/aromatic N) is 3. The van der Waals surface area contributed by atoms with Gasteiger partial charge in [0.05, 0.1) is 29.2 Å². The molecule has 7 heteroatoms. The van der Waals surface area contributed by atoms with Crippen LogP contribution in [0, 0.1) is 6.92 Å². The smallest absolute Gasteiger partial charge is 0.254 e. The summed E-state index contributed by atoms with van der Waals surface area (Å²) in [5.74, 6) is -0.104. The van der Waals surface area contributed by atoms with Crippen LogP contribution < -0.4 is 5.32 Å². The molecule has 0 fully saturated rings. The minimum absolute atomic E-state index is 0.104. The Morgan fingerprint density at radius 2 is 2.04 bits per heavy atom. The highest BCUT2D eigenvalue weighted by molar-refractivity contribution is 9.10. The number of nitrogens with one attached hydrogen (secondary N) is 1. The van der Waals surface area contributed by atoms with Crippen molar-refractivity contribution in [3.63, 3.8) is 0 Å².